The van der Waals surface area contributed by atoms with Crippen LogP contribution < -0.4 is 5.32 Å². The molecule has 0 aliphatic heterocycles. The molecular weight excluding hydrogens is 150 g/mol. The second kappa shape index (κ2) is 5.18. The summed E-state index contributed by atoms with van der Waals surface area (Å²) in [5, 5.41) is 3.09. The van der Waals surface area contributed by atoms with Gasteiger partial charge < -0.3 is 5.32 Å². The second-order valence-electron chi connectivity index (χ2n) is 3.24. The van der Waals surface area contributed by atoms with Gasteiger partial charge in [0.1, 0.15) is 0 Å². The zero-order chi connectivity index (χ0) is 9.61. The van der Waals surface area contributed by atoms with E-state index in [1.807, 2.05) is 6.92 Å². The predicted octanol–water partition coefficient (Wildman–Crippen LogP) is 2.48. The molecule has 1 amide bonds. The van der Waals surface area contributed by atoms with Gasteiger partial charge in [-0.1, -0.05) is 27.7 Å². The smallest absolute Gasteiger partial charge is 0.220 e. The van der Waals surface area contributed by atoms with Crippen LogP contribution in [0.15, 0.2) is 0 Å². The number of amides is 1. The van der Waals surface area contributed by atoms with Gasteiger partial charge in [-0.15, -0.1) is 0 Å². The first-order valence-corrected chi connectivity index (χ1v) is 4.95. The molecule has 0 rings (SSSR count). The summed E-state index contributed by atoms with van der Waals surface area (Å²) in [4.78, 5) is 11.2. The maximum absolute atomic E-state index is 11.2. The molecule has 12 heavy (non-hydrogen) atoms. The predicted molar refractivity (Wildman–Crippen MR) is 52.0 cm³/mol. The Kier molecular flexibility index (Phi) is 4.95. The minimum atomic E-state index is 0.0487. The van der Waals surface area contributed by atoms with Crippen LogP contribution in [-0.2, 0) is 4.79 Å². The van der Waals surface area contributed by atoms with E-state index in [1.54, 1.807) is 0 Å². The van der Waals surface area contributed by atoms with Gasteiger partial charge >= 0.3 is 0 Å². The molecule has 0 aromatic carbocycles. The minimum absolute atomic E-state index is 0.0487. The first-order chi connectivity index (χ1) is 5.64. The minimum Gasteiger partial charge on any atom is -0.351 e. The Labute approximate surface area is 75.7 Å². The Hall–Kier alpha value is -0.530. The maximum atomic E-state index is 11.2. The first kappa shape index (κ1) is 11.5. The van der Waals surface area contributed by atoms with Gasteiger partial charge in [0.25, 0.3) is 0 Å². The van der Waals surface area contributed by atoms with E-state index in [4.69, 9.17) is 0 Å². The summed E-state index contributed by atoms with van der Waals surface area (Å²) < 4.78 is 0. The normalized spacial score (nSPS) is 11.3. The fourth-order valence-corrected chi connectivity index (χ4v) is 1.40. The zero-order valence-corrected chi connectivity index (χ0v) is 8.74. The lowest BCUT2D eigenvalue weighted by Crippen LogP contribution is -2.46. The van der Waals surface area contributed by atoms with E-state index in [2.05, 4.69) is 26.1 Å². The molecule has 2 heteroatoms. The average molecular weight is 171 g/mol. The summed E-state index contributed by atoms with van der Waals surface area (Å²) in [6, 6.07) is 0. The molecule has 0 fully saturated rings. The number of carbonyl (C=O) groups is 1. The lowest BCUT2D eigenvalue weighted by Gasteiger charge is -2.31. The van der Waals surface area contributed by atoms with Crippen LogP contribution in [0.25, 0.3) is 0 Å². The van der Waals surface area contributed by atoms with E-state index in [-0.39, 0.29) is 11.4 Å². The van der Waals surface area contributed by atoms with Crippen molar-refractivity contribution in [1.82, 2.24) is 5.32 Å². The monoisotopic (exact) mass is 171 g/mol. The van der Waals surface area contributed by atoms with Gasteiger partial charge in [-0.3, -0.25) is 4.79 Å². The molecule has 0 atom stereocenters. The van der Waals surface area contributed by atoms with Crippen molar-refractivity contribution in [1.29, 1.82) is 0 Å². The van der Waals surface area contributed by atoms with Crippen molar-refractivity contribution in [2.24, 2.45) is 0 Å². The third kappa shape index (κ3) is 2.84. The lowest BCUT2D eigenvalue weighted by atomic mass is 9.90. The molecule has 0 saturated heterocycles. The van der Waals surface area contributed by atoms with E-state index < -0.39 is 0 Å². The molecule has 0 spiro atoms. The fourth-order valence-electron chi connectivity index (χ4n) is 1.40. The highest BCUT2D eigenvalue weighted by atomic mass is 16.1. The van der Waals surface area contributed by atoms with Crippen molar-refractivity contribution >= 4 is 5.91 Å². The van der Waals surface area contributed by atoms with Crippen LogP contribution in [0.1, 0.15) is 53.4 Å². The number of carbonyl (C=O) groups excluding carboxylic acids is 1. The van der Waals surface area contributed by atoms with Gasteiger partial charge in [-0.25, -0.2) is 0 Å². The third-order valence-corrected chi connectivity index (χ3v) is 2.76. The zero-order valence-electron chi connectivity index (χ0n) is 8.74. The number of hydrogen-bond acceptors (Lipinski definition) is 1. The van der Waals surface area contributed by atoms with E-state index in [9.17, 15) is 4.79 Å². The average Bonchev–Trinajstić information content (AvgIpc) is 2.14. The lowest BCUT2D eigenvalue weighted by molar-refractivity contribution is -0.122. The van der Waals surface area contributed by atoms with Crippen LogP contribution in [0.4, 0.5) is 0 Å². The molecule has 0 aromatic rings. The van der Waals surface area contributed by atoms with E-state index >= 15 is 0 Å². The van der Waals surface area contributed by atoms with Crippen molar-refractivity contribution < 1.29 is 4.79 Å². The molecule has 0 unspecified atom stereocenters. The van der Waals surface area contributed by atoms with Gasteiger partial charge in [0.15, 0.2) is 0 Å². The Bertz CT molecular complexity index is 131. The Morgan fingerprint density at radius 3 is 1.75 bits per heavy atom. The van der Waals surface area contributed by atoms with Crippen molar-refractivity contribution in [2.75, 3.05) is 0 Å². The molecule has 0 aromatic heterocycles. The molecule has 1 N–H and O–H groups in total. The van der Waals surface area contributed by atoms with Crippen LogP contribution in [-0.4, -0.2) is 11.4 Å². The maximum Gasteiger partial charge on any atom is 0.220 e. The summed E-state index contributed by atoms with van der Waals surface area (Å²) in [5.74, 6) is 0.167. The summed E-state index contributed by atoms with van der Waals surface area (Å²) in [6.07, 6.45) is 3.64. The summed E-state index contributed by atoms with van der Waals surface area (Å²) >= 11 is 0. The molecule has 2 nitrogen and oxygen atoms in total. The Morgan fingerprint density at radius 2 is 1.50 bits per heavy atom. The van der Waals surface area contributed by atoms with Crippen LogP contribution in [0.5, 0.6) is 0 Å². The van der Waals surface area contributed by atoms with Crippen LogP contribution in [0.3, 0.4) is 0 Å². The highest BCUT2D eigenvalue weighted by Crippen LogP contribution is 2.18. The first-order valence-electron chi connectivity index (χ1n) is 4.95. The second-order valence-corrected chi connectivity index (χ2v) is 3.24. The van der Waals surface area contributed by atoms with Crippen LogP contribution >= 0.6 is 0 Å². The fraction of sp³-hybridized carbons (Fsp3) is 0.900. The van der Waals surface area contributed by atoms with E-state index in [1.165, 1.54) is 0 Å². The van der Waals surface area contributed by atoms with Crippen molar-refractivity contribution in [3.63, 3.8) is 0 Å². The van der Waals surface area contributed by atoms with Gasteiger partial charge in [0.2, 0.25) is 5.91 Å². The van der Waals surface area contributed by atoms with Crippen molar-refractivity contribution in [2.45, 2.75) is 58.9 Å². The van der Waals surface area contributed by atoms with E-state index in [0.717, 1.165) is 19.3 Å². The van der Waals surface area contributed by atoms with Crippen LogP contribution in [0, 0.1) is 0 Å². The van der Waals surface area contributed by atoms with Gasteiger partial charge in [0, 0.05) is 12.0 Å². The van der Waals surface area contributed by atoms with Crippen molar-refractivity contribution in [3.05, 3.63) is 0 Å². The molecule has 0 bridgehead atoms. The topological polar surface area (TPSA) is 29.1 Å². The SMILES string of the molecule is CCC(=O)NC(CC)(CC)CC. The van der Waals surface area contributed by atoms with Gasteiger partial charge in [0.05, 0.1) is 0 Å². The van der Waals surface area contributed by atoms with Crippen LogP contribution in [0.2, 0.25) is 0 Å². The summed E-state index contributed by atoms with van der Waals surface area (Å²) in [7, 11) is 0. The molecule has 72 valence electrons. The highest BCUT2D eigenvalue weighted by molar-refractivity contribution is 5.76. The largest absolute Gasteiger partial charge is 0.351 e. The van der Waals surface area contributed by atoms with Gasteiger partial charge in [-0.05, 0) is 19.3 Å². The molecule has 0 aliphatic carbocycles. The Morgan fingerprint density at radius 1 is 1.08 bits per heavy atom. The molecule has 0 radical (unpaired) electrons. The van der Waals surface area contributed by atoms with E-state index in [0.29, 0.717) is 6.42 Å². The molecule has 0 saturated carbocycles. The number of nitrogens with one attached hydrogen (secondary N) is 1. The molecule has 0 heterocycles. The number of hydrogen-bond donors (Lipinski definition) is 1. The third-order valence-electron chi connectivity index (χ3n) is 2.76. The highest BCUT2D eigenvalue weighted by Gasteiger charge is 2.24. The quantitative estimate of drug-likeness (QED) is 0.676. The van der Waals surface area contributed by atoms with Gasteiger partial charge in [-0.2, -0.15) is 0 Å². The molecule has 0 aliphatic rings. The molecular formula is C10H21NO. The summed E-state index contributed by atoms with van der Waals surface area (Å²) in [6.45, 7) is 8.27. The standard InChI is InChI=1S/C10H21NO/c1-5-9(12)11-10(6-2,7-3)8-4/h5-8H2,1-4H3,(H,11,12). The summed E-state index contributed by atoms with van der Waals surface area (Å²) in [5.41, 5.74) is 0.0487. The number of rotatable bonds is 5. The van der Waals surface area contributed by atoms with Crippen molar-refractivity contribution in [3.8, 4) is 0 Å². The Balaban J connectivity index is 4.19.